The standard InChI is InChI=1S/C9H15N3O.2ClH/c1-12-9(13)6-8(11-12)7-2-4-10-5-3-7;;/h6-7,10-11H,2-5H2,1H3;2*1H. The number of aromatic amines is 1. The van der Waals surface area contributed by atoms with Gasteiger partial charge in [0, 0.05) is 24.7 Å². The first-order valence-corrected chi connectivity index (χ1v) is 4.74. The zero-order valence-corrected chi connectivity index (χ0v) is 10.3. The van der Waals surface area contributed by atoms with Gasteiger partial charge in [-0.3, -0.25) is 14.6 Å². The van der Waals surface area contributed by atoms with Crippen LogP contribution in [0.2, 0.25) is 0 Å². The SMILES string of the molecule is Cl.Cl.Cn1[nH]c(C2CCNCC2)cc1=O. The van der Waals surface area contributed by atoms with E-state index in [2.05, 4.69) is 10.4 Å². The monoisotopic (exact) mass is 253 g/mol. The van der Waals surface area contributed by atoms with Crippen LogP contribution >= 0.6 is 24.8 Å². The minimum absolute atomic E-state index is 0. The summed E-state index contributed by atoms with van der Waals surface area (Å²) in [6, 6.07) is 1.72. The van der Waals surface area contributed by atoms with Gasteiger partial charge < -0.3 is 5.32 Å². The Labute approximate surface area is 101 Å². The quantitative estimate of drug-likeness (QED) is 0.786. The van der Waals surface area contributed by atoms with Gasteiger partial charge in [0.1, 0.15) is 0 Å². The lowest BCUT2D eigenvalue weighted by molar-refractivity contribution is 0.450. The van der Waals surface area contributed by atoms with Gasteiger partial charge >= 0.3 is 0 Å². The van der Waals surface area contributed by atoms with E-state index >= 15 is 0 Å². The zero-order valence-electron chi connectivity index (χ0n) is 8.66. The Balaban J connectivity index is 0.000000980. The molecule has 0 amide bonds. The number of H-pyrrole nitrogens is 1. The predicted octanol–water partition coefficient (Wildman–Crippen LogP) is 1.02. The van der Waals surface area contributed by atoms with Crippen LogP contribution in [0.25, 0.3) is 0 Å². The van der Waals surface area contributed by atoms with Crippen molar-refractivity contribution in [2.75, 3.05) is 13.1 Å². The van der Waals surface area contributed by atoms with Gasteiger partial charge in [-0.25, -0.2) is 0 Å². The number of nitrogens with one attached hydrogen (secondary N) is 2. The first-order valence-electron chi connectivity index (χ1n) is 4.74. The Morgan fingerprint density at radius 1 is 1.33 bits per heavy atom. The Morgan fingerprint density at radius 2 is 1.93 bits per heavy atom. The van der Waals surface area contributed by atoms with Crippen LogP contribution in [0.4, 0.5) is 0 Å². The lowest BCUT2D eigenvalue weighted by Gasteiger charge is -2.21. The summed E-state index contributed by atoms with van der Waals surface area (Å²) in [5, 5.41) is 6.40. The number of rotatable bonds is 1. The molecule has 1 aliphatic heterocycles. The molecule has 1 aromatic heterocycles. The van der Waals surface area contributed by atoms with Crippen LogP contribution in [0.3, 0.4) is 0 Å². The van der Waals surface area contributed by atoms with Crippen molar-refractivity contribution in [3.8, 4) is 0 Å². The molecule has 0 unspecified atom stereocenters. The van der Waals surface area contributed by atoms with Crippen LogP contribution in [0.1, 0.15) is 24.5 Å². The maximum atomic E-state index is 11.2. The van der Waals surface area contributed by atoms with E-state index in [0.29, 0.717) is 5.92 Å². The Morgan fingerprint density at radius 3 is 2.40 bits per heavy atom. The molecule has 2 N–H and O–H groups in total. The molecule has 0 radical (unpaired) electrons. The Kier molecular flexibility index (Phi) is 6.02. The summed E-state index contributed by atoms with van der Waals surface area (Å²) < 4.78 is 1.54. The van der Waals surface area contributed by atoms with E-state index in [9.17, 15) is 4.79 Å². The van der Waals surface area contributed by atoms with Crippen molar-refractivity contribution < 1.29 is 0 Å². The van der Waals surface area contributed by atoms with E-state index in [1.54, 1.807) is 13.1 Å². The molecule has 2 heterocycles. The molecule has 0 atom stereocenters. The molecule has 0 saturated carbocycles. The summed E-state index contributed by atoms with van der Waals surface area (Å²) in [5.41, 5.74) is 1.16. The van der Waals surface area contributed by atoms with E-state index < -0.39 is 0 Å². The van der Waals surface area contributed by atoms with Crippen LogP contribution in [0.5, 0.6) is 0 Å². The summed E-state index contributed by atoms with van der Waals surface area (Å²) in [4.78, 5) is 11.2. The van der Waals surface area contributed by atoms with Gasteiger partial charge in [-0.05, 0) is 25.9 Å². The van der Waals surface area contributed by atoms with Gasteiger partial charge in [-0.1, -0.05) is 0 Å². The first kappa shape index (κ1) is 14.6. The second-order valence-corrected chi connectivity index (χ2v) is 3.63. The molecule has 2 rings (SSSR count). The Hall–Kier alpha value is -0.450. The highest BCUT2D eigenvalue weighted by Crippen LogP contribution is 2.21. The second-order valence-electron chi connectivity index (χ2n) is 3.63. The molecule has 1 saturated heterocycles. The molecular weight excluding hydrogens is 237 g/mol. The van der Waals surface area contributed by atoms with Gasteiger partial charge in [-0.2, -0.15) is 0 Å². The number of hydrogen-bond acceptors (Lipinski definition) is 2. The van der Waals surface area contributed by atoms with E-state index in [4.69, 9.17) is 0 Å². The number of piperidine rings is 1. The minimum atomic E-state index is 0. The largest absolute Gasteiger partial charge is 0.317 e. The van der Waals surface area contributed by atoms with Gasteiger partial charge in [0.15, 0.2) is 0 Å². The fourth-order valence-corrected chi connectivity index (χ4v) is 1.85. The summed E-state index contributed by atoms with van der Waals surface area (Å²) in [6.45, 7) is 2.11. The number of aromatic nitrogens is 2. The maximum absolute atomic E-state index is 11.2. The molecule has 15 heavy (non-hydrogen) atoms. The van der Waals surface area contributed by atoms with Gasteiger partial charge in [0.05, 0.1) is 0 Å². The molecule has 88 valence electrons. The second kappa shape index (κ2) is 6.20. The molecule has 1 aliphatic rings. The normalized spacial score (nSPS) is 16.6. The molecule has 0 spiro atoms. The van der Waals surface area contributed by atoms with E-state index in [1.807, 2.05) is 0 Å². The van der Waals surface area contributed by atoms with E-state index in [0.717, 1.165) is 31.6 Å². The van der Waals surface area contributed by atoms with Crippen LogP contribution in [-0.4, -0.2) is 22.9 Å². The topological polar surface area (TPSA) is 49.8 Å². The molecule has 4 nitrogen and oxygen atoms in total. The van der Waals surface area contributed by atoms with Crippen molar-refractivity contribution >= 4 is 24.8 Å². The van der Waals surface area contributed by atoms with Crippen molar-refractivity contribution in [3.05, 3.63) is 22.1 Å². The summed E-state index contributed by atoms with van der Waals surface area (Å²) >= 11 is 0. The molecule has 0 bridgehead atoms. The highest BCUT2D eigenvalue weighted by molar-refractivity contribution is 5.85. The van der Waals surface area contributed by atoms with Crippen LogP contribution in [-0.2, 0) is 7.05 Å². The van der Waals surface area contributed by atoms with Crippen LogP contribution < -0.4 is 10.9 Å². The fourth-order valence-electron chi connectivity index (χ4n) is 1.85. The highest BCUT2D eigenvalue weighted by atomic mass is 35.5. The lowest BCUT2D eigenvalue weighted by atomic mass is 9.95. The number of nitrogens with zero attached hydrogens (tertiary/aromatic N) is 1. The van der Waals surface area contributed by atoms with E-state index in [-0.39, 0.29) is 30.4 Å². The molecule has 1 aromatic rings. The summed E-state index contributed by atoms with van der Waals surface area (Å²) in [5.74, 6) is 0.537. The third-order valence-corrected chi connectivity index (χ3v) is 2.69. The van der Waals surface area contributed by atoms with Gasteiger partial charge in [0.2, 0.25) is 0 Å². The average Bonchev–Trinajstić information content (AvgIpc) is 2.49. The van der Waals surface area contributed by atoms with Gasteiger partial charge in [0.25, 0.3) is 5.56 Å². The fraction of sp³-hybridized carbons (Fsp3) is 0.667. The highest BCUT2D eigenvalue weighted by Gasteiger charge is 2.17. The average molecular weight is 254 g/mol. The van der Waals surface area contributed by atoms with Crippen molar-refractivity contribution in [2.24, 2.45) is 7.05 Å². The van der Waals surface area contributed by atoms with Crippen LogP contribution in [0, 0.1) is 0 Å². The van der Waals surface area contributed by atoms with Crippen molar-refractivity contribution in [1.82, 2.24) is 15.1 Å². The smallest absolute Gasteiger partial charge is 0.266 e. The van der Waals surface area contributed by atoms with E-state index in [1.165, 1.54) is 4.68 Å². The number of halogens is 2. The predicted molar refractivity (Wildman–Crippen MR) is 65.4 cm³/mol. The molecule has 0 aromatic carbocycles. The van der Waals surface area contributed by atoms with Crippen molar-refractivity contribution in [2.45, 2.75) is 18.8 Å². The first-order chi connectivity index (χ1) is 6.27. The van der Waals surface area contributed by atoms with Crippen molar-refractivity contribution in [1.29, 1.82) is 0 Å². The van der Waals surface area contributed by atoms with Gasteiger partial charge in [-0.15, -0.1) is 24.8 Å². The summed E-state index contributed by atoms with van der Waals surface area (Å²) in [7, 11) is 1.76. The number of hydrogen-bond donors (Lipinski definition) is 2. The third kappa shape index (κ3) is 3.26. The Bertz CT molecular complexity index is 341. The third-order valence-electron chi connectivity index (χ3n) is 2.69. The maximum Gasteiger partial charge on any atom is 0.266 e. The zero-order chi connectivity index (χ0) is 9.26. The molecule has 0 aliphatic carbocycles. The lowest BCUT2D eigenvalue weighted by Crippen LogP contribution is -2.26. The molecule has 6 heteroatoms. The molecular formula is C9H17Cl2N3O. The minimum Gasteiger partial charge on any atom is -0.317 e. The number of aryl methyl sites for hydroxylation is 1. The van der Waals surface area contributed by atoms with Crippen LogP contribution in [0.15, 0.2) is 10.9 Å². The molecule has 1 fully saturated rings. The summed E-state index contributed by atoms with van der Waals surface area (Å²) in [6.07, 6.45) is 2.25. The van der Waals surface area contributed by atoms with Crippen molar-refractivity contribution in [3.63, 3.8) is 0 Å².